The number of hydrogen-bond acceptors (Lipinski definition) is 2. The standard InChI is InChI=1S/C9H9BrO2S/c1-6-4-7-2-3-13(11,12)9(7)5-8(6)10/h2-5,11-12H,1H3. The molecule has 70 valence electrons. The Bertz CT molecular complexity index is 399. The van der Waals surface area contributed by atoms with Crippen molar-refractivity contribution in [3.63, 3.8) is 0 Å². The smallest absolute Gasteiger partial charge is 0.0714 e. The van der Waals surface area contributed by atoms with Crippen LogP contribution in [0.3, 0.4) is 0 Å². The number of hydrogen-bond donors (Lipinski definition) is 2. The van der Waals surface area contributed by atoms with E-state index in [0.717, 1.165) is 15.6 Å². The van der Waals surface area contributed by atoms with Gasteiger partial charge in [-0.15, -0.1) is 10.6 Å². The molecule has 0 aromatic heterocycles. The molecule has 0 atom stereocenters. The van der Waals surface area contributed by atoms with Crippen LogP contribution in [0.15, 0.2) is 26.9 Å². The zero-order valence-corrected chi connectivity index (χ0v) is 9.39. The lowest BCUT2D eigenvalue weighted by Gasteiger charge is -2.25. The third-order valence-electron chi connectivity index (χ3n) is 2.05. The monoisotopic (exact) mass is 260 g/mol. The van der Waals surface area contributed by atoms with Crippen LogP contribution in [0.25, 0.3) is 6.08 Å². The number of fused-ring (bicyclic) bond motifs is 1. The van der Waals surface area contributed by atoms with Crippen LogP contribution in [0.2, 0.25) is 0 Å². The first-order valence-corrected chi connectivity index (χ1v) is 6.17. The van der Waals surface area contributed by atoms with Crippen LogP contribution in [-0.4, -0.2) is 9.11 Å². The summed E-state index contributed by atoms with van der Waals surface area (Å²) in [6.07, 6.45) is 1.75. The van der Waals surface area contributed by atoms with Crippen LogP contribution in [-0.2, 0) is 0 Å². The maximum atomic E-state index is 9.59. The van der Waals surface area contributed by atoms with Gasteiger partial charge in [0.05, 0.1) is 4.90 Å². The summed E-state index contributed by atoms with van der Waals surface area (Å²) in [6, 6.07) is 3.72. The van der Waals surface area contributed by atoms with Crippen molar-refractivity contribution in [1.82, 2.24) is 0 Å². The van der Waals surface area contributed by atoms with Gasteiger partial charge in [-0.3, -0.25) is 9.11 Å². The molecule has 4 heteroatoms. The van der Waals surface area contributed by atoms with Gasteiger partial charge in [0.2, 0.25) is 0 Å². The largest absolute Gasteiger partial charge is 0.291 e. The first-order valence-electron chi connectivity index (χ1n) is 3.77. The summed E-state index contributed by atoms with van der Waals surface area (Å²) < 4.78 is 20.1. The third kappa shape index (κ3) is 1.44. The lowest BCUT2D eigenvalue weighted by molar-refractivity contribution is 0.500. The molecule has 0 spiro atoms. The minimum Gasteiger partial charge on any atom is -0.291 e. The second-order valence-corrected chi connectivity index (χ2v) is 5.79. The molecule has 2 N–H and O–H groups in total. The van der Waals surface area contributed by atoms with E-state index in [9.17, 15) is 9.11 Å². The summed E-state index contributed by atoms with van der Waals surface area (Å²) in [6.45, 7) is 1.97. The molecule has 0 saturated heterocycles. The molecule has 0 fully saturated rings. The average Bonchev–Trinajstić information content (AvgIpc) is 2.31. The van der Waals surface area contributed by atoms with Crippen LogP contribution >= 0.6 is 26.5 Å². The number of halogens is 1. The van der Waals surface area contributed by atoms with E-state index in [0.29, 0.717) is 4.90 Å². The molecule has 0 bridgehead atoms. The molecule has 0 aliphatic carbocycles. The molecular formula is C9H9BrO2S. The fourth-order valence-corrected chi connectivity index (χ4v) is 3.06. The molecule has 1 heterocycles. The highest BCUT2D eigenvalue weighted by molar-refractivity contribution is 9.10. The van der Waals surface area contributed by atoms with E-state index in [-0.39, 0.29) is 0 Å². The summed E-state index contributed by atoms with van der Waals surface area (Å²) in [5.74, 6) is 0. The number of benzene rings is 1. The van der Waals surface area contributed by atoms with Gasteiger partial charge in [0.25, 0.3) is 0 Å². The Balaban J connectivity index is 2.66. The quantitative estimate of drug-likeness (QED) is 0.744. The fourth-order valence-electron chi connectivity index (χ4n) is 1.32. The Labute approximate surface area is 86.8 Å². The Kier molecular flexibility index (Phi) is 2.03. The second kappa shape index (κ2) is 2.85. The van der Waals surface area contributed by atoms with Crippen molar-refractivity contribution in [1.29, 1.82) is 0 Å². The first-order chi connectivity index (χ1) is 6.00. The van der Waals surface area contributed by atoms with Gasteiger partial charge in [-0.2, -0.15) is 0 Å². The molecule has 1 aromatic rings. The van der Waals surface area contributed by atoms with Gasteiger partial charge in [0, 0.05) is 9.88 Å². The SMILES string of the molecule is Cc1cc2c(cc1Br)S(O)(O)C=C2. The van der Waals surface area contributed by atoms with Gasteiger partial charge in [-0.25, -0.2) is 0 Å². The van der Waals surface area contributed by atoms with E-state index in [1.54, 1.807) is 12.1 Å². The average molecular weight is 261 g/mol. The van der Waals surface area contributed by atoms with Crippen molar-refractivity contribution in [2.75, 3.05) is 0 Å². The molecule has 1 aliphatic heterocycles. The van der Waals surface area contributed by atoms with Crippen LogP contribution in [0.4, 0.5) is 0 Å². The zero-order chi connectivity index (χ0) is 9.64. The highest BCUT2D eigenvalue weighted by atomic mass is 79.9. The molecule has 1 aliphatic rings. The molecule has 0 unspecified atom stereocenters. The van der Waals surface area contributed by atoms with Gasteiger partial charge in [-0.1, -0.05) is 15.9 Å². The van der Waals surface area contributed by atoms with Crippen molar-refractivity contribution in [3.05, 3.63) is 33.1 Å². The van der Waals surface area contributed by atoms with E-state index >= 15 is 0 Å². The van der Waals surface area contributed by atoms with Crippen LogP contribution in [0, 0.1) is 6.92 Å². The minimum absolute atomic E-state index is 0.616. The Morgan fingerprint density at radius 1 is 1.31 bits per heavy atom. The molecule has 2 rings (SSSR count). The predicted octanol–water partition coefficient (Wildman–Crippen LogP) is 3.85. The normalized spacial score (nSPS) is 20.0. The highest BCUT2D eigenvalue weighted by Gasteiger charge is 2.22. The van der Waals surface area contributed by atoms with E-state index in [2.05, 4.69) is 15.9 Å². The molecule has 0 radical (unpaired) electrons. The van der Waals surface area contributed by atoms with Gasteiger partial charge < -0.3 is 0 Å². The van der Waals surface area contributed by atoms with Gasteiger partial charge in [0.15, 0.2) is 0 Å². The van der Waals surface area contributed by atoms with E-state index in [1.165, 1.54) is 5.41 Å². The molecule has 0 saturated carbocycles. The summed E-state index contributed by atoms with van der Waals surface area (Å²) >= 11 is 3.36. The van der Waals surface area contributed by atoms with Gasteiger partial charge in [0.1, 0.15) is 0 Å². The van der Waals surface area contributed by atoms with Gasteiger partial charge >= 0.3 is 0 Å². The van der Waals surface area contributed by atoms with Crippen molar-refractivity contribution in [2.24, 2.45) is 0 Å². The Morgan fingerprint density at radius 2 is 2.00 bits per heavy atom. The first kappa shape index (κ1) is 9.27. The van der Waals surface area contributed by atoms with Crippen LogP contribution in [0.5, 0.6) is 0 Å². The summed E-state index contributed by atoms with van der Waals surface area (Å²) in [5.41, 5.74) is 2.00. The molecule has 1 aromatic carbocycles. The molecule has 0 amide bonds. The zero-order valence-electron chi connectivity index (χ0n) is 6.99. The summed E-state index contributed by atoms with van der Waals surface area (Å²) in [7, 11) is -2.66. The minimum atomic E-state index is -2.66. The highest BCUT2D eigenvalue weighted by Crippen LogP contribution is 2.56. The fraction of sp³-hybridized carbons (Fsp3) is 0.111. The third-order valence-corrected chi connectivity index (χ3v) is 4.42. The lowest BCUT2D eigenvalue weighted by atomic mass is 10.1. The van der Waals surface area contributed by atoms with Crippen LogP contribution in [0.1, 0.15) is 11.1 Å². The molecule has 13 heavy (non-hydrogen) atoms. The number of rotatable bonds is 0. The summed E-state index contributed by atoms with van der Waals surface area (Å²) in [4.78, 5) is 0.616. The Morgan fingerprint density at radius 3 is 2.69 bits per heavy atom. The van der Waals surface area contributed by atoms with E-state index in [4.69, 9.17) is 0 Å². The van der Waals surface area contributed by atoms with E-state index < -0.39 is 10.6 Å². The van der Waals surface area contributed by atoms with Gasteiger partial charge in [-0.05, 0) is 36.3 Å². The topological polar surface area (TPSA) is 40.5 Å². The van der Waals surface area contributed by atoms with E-state index in [1.807, 2.05) is 13.0 Å². The van der Waals surface area contributed by atoms with Crippen molar-refractivity contribution < 1.29 is 9.11 Å². The van der Waals surface area contributed by atoms with Crippen LogP contribution < -0.4 is 0 Å². The summed E-state index contributed by atoms with van der Waals surface area (Å²) in [5, 5.41) is 1.46. The molecular weight excluding hydrogens is 252 g/mol. The lowest BCUT2D eigenvalue weighted by Crippen LogP contribution is -1.92. The van der Waals surface area contributed by atoms with Crippen molar-refractivity contribution >= 4 is 32.6 Å². The molecule has 2 nitrogen and oxygen atoms in total. The number of aryl methyl sites for hydroxylation is 1. The van der Waals surface area contributed by atoms with Crippen molar-refractivity contribution in [2.45, 2.75) is 11.8 Å². The van der Waals surface area contributed by atoms with Crippen molar-refractivity contribution in [3.8, 4) is 0 Å². The maximum absolute atomic E-state index is 9.59. The maximum Gasteiger partial charge on any atom is 0.0714 e. The predicted molar refractivity (Wildman–Crippen MR) is 59.0 cm³/mol. The second-order valence-electron chi connectivity index (χ2n) is 3.03. The Hall–Kier alpha value is -0.290.